The van der Waals surface area contributed by atoms with E-state index in [1.165, 1.54) is 31.0 Å². The van der Waals surface area contributed by atoms with Gasteiger partial charge in [0.05, 0.1) is 40.0 Å². The normalized spacial score (nSPS) is 15.0. The number of thioether (sulfide) groups is 1. The Hall–Kier alpha value is -3.84. The van der Waals surface area contributed by atoms with E-state index in [-0.39, 0.29) is 24.6 Å². The fraction of sp³-hybridized carbons (Fsp3) is 0.172. The van der Waals surface area contributed by atoms with Gasteiger partial charge in [0.2, 0.25) is 0 Å². The van der Waals surface area contributed by atoms with Gasteiger partial charge in [0.15, 0.2) is 23.3 Å². The summed E-state index contributed by atoms with van der Waals surface area (Å²) >= 11 is 3.34. The number of carbonyl (C=O) groups is 3. The lowest BCUT2D eigenvalue weighted by Crippen LogP contribution is -2.28. The minimum Gasteiger partial charge on any atom is -0.490 e. The highest BCUT2D eigenvalue weighted by molar-refractivity contribution is 14.1. The van der Waals surface area contributed by atoms with Crippen LogP contribution < -0.4 is 9.47 Å². The standard InChI is InChI=1S/C29H25IN2O7S/c1-3-38-23-14-19(13-22(30)26(23)39-17-25(33)37-2)15-24-27(34)32(16-18-9-11-20(12-10-18)28(35)36)29(40-24)31-21-7-5-4-6-8-21/h4-15H,3,16-17H2,1-2H3,(H,35,36)/b24-15-,31-29?. The number of rotatable bonds is 10. The molecule has 1 N–H and O–H groups in total. The van der Waals surface area contributed by atoms with Crippen LogP contribution in [0.25, 0.3) is 6.08 Å². The van der Waals surface area contributed by atoms with Gasteiger partial charge in [-0.1, -0.05) is 30.3 Å². The number of amidine groups is 1. The Bertz CT molecular complexity index is 1470. The molecule has 0 unspecified atom stereocenters. The van der Waals surface area contributed by atoms with E-state index in [1.54, 1.807) is 29.2 Å². The van der Waals surface area contributed by atoms with Gasteiger partial charge in [0, 0.05) is 0 Å². The van der Waals surface area contributed by atoms with Crippen LogP contribution in [0, 0.1) is 3.57 Å². The van der Waals surface area contributed by atoms with Crippen molar-refractivity contribution in [3.8, 4) is 11.5 Å². The molecule has 0 aromatic heterocycles. The number of aliphatic imine (C=N–C) groups is 1. The summed E-state index contributed by atoms with van der Waals surface area (Å²) in [5.41, 5.74) is 2.34. The molecular weight excluding hydrogens is 647 g/mol. The second-order valence-electron chi connectivity index (χ2n) is 8.36. The Balaban J connectivity index is 1.67. The van der Waals surface area contributed by atoms with Crippen LogP contribution in [0.4, 0.5) is 5.69 Å². The van der Waals surface area contributed by atoms with Crippen LogP contribution in [0.2, 0.25) is 0 Å². The van der Waals surface area contributed by atoms with Gasteiger partial charge in [-0.15, -0.1) is 0 Å². The minimum absolute atomic E-state index is 0.170. The number of amides is 1. The number of ether oxygens (including phenoxy) is 3. The lowest BCUT2D eigenvalue weighted by atomic mass is 10.1. The Morgan fingerprint density at radius 1 is 1.07 bits per heavy atom. The zero-order valence-corrected chi connectivity index (χ0v) is 24.6. The monoisotopic (exact) mass is 672 g/mol. The number of esters is 1. The van der Waals surface area contributed by atoms with Crippen molar-refractivity contribution in [2.45, 2.75) is 13.5 Å². The molecule has 1 aliphatic rings. The maximum absolute atomic E-state index is 13.6. The number of carbonyl (C=O) groups excluding carboxylic acids is 2. The van der Waals surface area contributed by atoms with Crippen LogP contribution in [0.3, 0.4) is 0 Å². The second-order valence-corrected chi connectivity index (χ2v) is 10.5. The molecule has 9 nitrogen and oxygen atoms in total. The van der Waals surface area contributed by atoms with E-state index in [0.29, 0.717) is 43.0 Å². The van der Waals surface area contributed by atoms with Crippen molar-refractivity contribution in [1.29, 1.82) is 0 Å². The van der Waals surface area contributed by atoms with E-state index in [2.05, 4.69) is 27.3 Å². The number of aromatic carboxylic acids is 1. The molecule has 0 atom stereocenters. The van der Waals surface area contributed by atoms with Gasteiger partial charge >= 0.3 is 11.9 Å². The lowest BCUT2D eigenvalue weighted by molar-refractivity contribution is -0.143. The topological polar surface area (TPSA) is 115 Å². The number of methoxy groups -OCH3 is 1. The molecule has 40 heavy (non-hydrogen) atoms. The van der Waals surface area contributed by atoms with Crippen molar-refractivity contribution in [1.82, 2.24) is 4.90 Å². The zero-order chi connectivity index (χ0) is 28.6. The number of benzene rings is 3. The van der Waals surface area contributed by atoms with Gasteiger partial charge < -0.3 is 19.3 Å². The molecular formula is C29H25IN2O7S. The van der Waals surface area contributed by atoms with Crippen LogP contribution in [0.15, 0.2) is 76.6 Å². The fourth-order valence-corrected chi connectivity index (χ4v) is 5.47. The zero-order valence-electron chi connectivity index (χ0n) is 21.6. The van der Waals surface area contributed by atoms with Gasteiger partial charge in [-0.2, -0.15) is 0 Å². The number of halogens is 1. The molecule has 206 valence electrons. The number of nitrogens with zero attached hydrogens (tertiary/aromatic N) is 2. The van der Waals surface area contributed by atoms with Gasteiger partial charge in [-0.3, -0.25) is 9.69 Å². The summed E-state index contributed by atoms with van der Waals surface area (Å²) in [6, 6.07) is 19.3. The molecule has 4 rings (SSSR count). The highest BCUT2D eigenvalue weighted by Gasteiger charge is 2.33. The van der Waals surface area contributed by atoms with Crippen LogP contribution >= 0.6 is 34.4 Å². The molecule has 1 saturated heterocycles. The summed E-state index contributed by atoms with van der Waals surface area (Å²) in [7, 11) is 1.29. The summed E-state index contributed by atoms with van der Waals surface area (Å²) < 4.78 is 16.8. The summed E-state index contributed by atoms with van der Waals surface area (Å²) in [5.74, 6) is -0.910. The molecule has 11 heteroatoms. The van der Waals surface area contributed by atoms with Crippen molar-refractivity contribution in [2.75, 3.05) is 20.3 Å². The summed E-state index contributed by atoms with van der Waals surface area (Å²) in [6.45, 7) is 2.17. The summed E-state index contributed by atoms with van der Waals surface area (Å²) in [5, 5.41) is 9.71. The molecule has 0 aliphatic carbocycles. The Morgan fingerprint density at radius 2 is 1.80 bits per heavy atom. The maximum Gasteiger partial charge on any atom is 0.343 e. The quantitative estimate of drug-likeness (QED) is 0.165. The average molecular weight is 672 g/mol. The first kappa shape index (κ1) is 29.2. The Kier molecular flexibility index (Phi) is 9.83. The number of carboxylic acids is 1. The first-order valence-electron chi connectivity index (χ1n) is 12.1. The van der Waals surface area contributed by atoms with Crippen LogP contribution in [0.1, 0.15) is 28.4 Å². The lowest BCUT2D eigenvalue weighted by Gasteiger charge is -2.16. The Labute approximate surface area is 249 Å². The number of hydrogen-bond donors (Lipinski definition) is 1. The minimum atomic E-state index is -1.02. The molecule has 0 bridgehead atoms. The first-order valence-corrected chi connectivity index (χ1v) is 14.0. The fourth-order valence-electron chi connectivity index (χ4n) is 3.69. The number of carboxylic acid groups (broad SMARTS) is 1. The maximum atomic E-state index is 13.6. The van der Waals surface area contributed by atoms with Gasteiger partial charge in [0.25, 0.3) is 5.91 Å². The Morgan fingerprint density at radius 3 is 2.45 bits per heavy atom. The third-order valence-electron chi connectivity index (χ3n) is 5.60. The van der Waals surface area contributed by atoms with Gasteiger partial charge in [-0.25, -0.2) is 14.6 Å². The summed E-state index contributed by atoms with van der Waals surface area (Å²) in [4.78, 5) is 43.2. The van der Waals surface area contributed by atoms with Crippen molar-refractivity contribution < 1.29 is 33.7 Å². The molecule has 1 aliphatic heterocycles. The predicted octanol–water partition coefficient (Wildman–Crippen LogP) is 5.74. The molecule has 0 spiro atoms. The highest BCUT2D eigenvalue weighted by Crippen LogP contribution is 2.38. The number of para-hydroxylation sites is 1. The molecule has 1 heterocycles. The van der Waals surface area contributed by atoms with Crippen LogP contribution in [0.5, 0.6) is 11.5 Å². The van der Waals surface area contributed by atoms with Crippen molar-refractivity contribution in [2.24, 2.45) is 4.99 Å². The van der Waals surface area contributed by atoms with Crippen LogP contribution in [-0.4, -0.2) is 53.3 Å². The van der Waals surface area contributed by atoms with Crippen molar-refractivity contribution in [3.05, 3.63) is 91.9 Å². The summed E-state index contributed by atoms with van der Waals surface area (Å²) in [6.07, 6.45) is 1.76. The third kappa shape index (κ3) is 7.21. The smallest absolute Gasteiger partial charge is 0.343 e. The van der Waals surface area contributed by atoms with E-state index in [9.17, 15) is 19.5 Å². The average Bonchev–Trinajstić information content (AvgIpc) is 3.22. The van der Waals surface area contributed by atoms with Crippen LogP contribution in [-0.2, 0) is 20.9 Å². The first-order chi connectivity index (χ1) is 19.3. The molecule has 3 aromatic carbocycles. The molecule has 1 amide bonds. The predicted molar refractivity (Wildman–Crippen MR) is 161 cm³/mol. The van der Waals surface area contributed by atoms with E-state index < -0.39 is 11.9 Å². The SMILES string of the molecule is CCOc1cc(/C=C2\SC(=Nc3ccccc3)N(Cc3ccc(C(=O)O)cc3)C2=O)cc(I)c1OCC(=O)OC. The largest absolute Gasteiger partial charge is 0.490 e. The van der Waals surface area contributed by atoms with Crippen molar-refractivity contribution >= 4 is 69.1 Å². The van der Waals surface area contributed by atoms with Gasteiger partial charge in [0.1, 0.15) is 0 Å². The molecule has 0 radical (unpaired) electrons. The van der Waals surface area contributed by atoms with E-state index in [4.69, 9.17) is 14.5 Å². The highest BCUT2D eigenvalue weighted by atomic mass is 127. The van der Waals surface area contributed by atoms with Gasteiger partial charge in [-0.05, 0) is 94.9 Å². The second kappa shape index (κ2) is 13.5. The van der Waals surface area contributed by atoms with Crippen molar-refractivity contribution in [3.63, 3.8) is 0 Å². The molecule has 1 fully saturated rings. The van der Waals surface area contributed by atoms with E-state index >= 15 is 0 Å². The molecule has 0 saturated carbocycles. The molecule has 3 aromatic rings. The van der Waals surface area contributed by atoms with E-state index in [1.807, 2.05) is 43.3 Å². The van der Waals surface area contributed by atoms with E-state index in [0.717, 1.165) is 5.56 Å². The third-order valence-corrected chi connectivity index (χ3v) is 7.41. The number of hydrogen-bond acceptors (Lipinski definition) is 8.